The first kappa shape index (κ1) is 22.1. The van der Waals surface area contributed by atoms with Crippen LogP contribution in [0, 0.1) is 0 Å². The molecule has 0 unspecified atom stereocenters. The quantitative estimate of drug-likeness (QED) is 0.578. The van der Waals surface area contributed by atoms with Gasteiger partial charge in [0, 0.05) is 29.3 Å². The number of aryl methyl sites for hydroxylation is 1. The van der Waals surface area contributed by atoms with Gasteiger partial charge in [-0.15, -0.1) is 0 Å². The van der Waals surface area contributed by atoms with Gasteiger partial charge in [0.25, 0.3) is 5.56 Å². The Morgan fingerprint density at radius 1 is 1.31 bits per heavy atom. The van der Waals surface area contributed by atoms with Gasteiger partial charge in [0.05, 0.1) is 5.56 Å². The number of hydrogen-bond donors (Lipinski definition) is 1. The lowest BCUT2D eigenvalue weighted by molar-refractivity contribution is 0.0697. The largest absolute Gasteiger partial charge is 0.478 e. The second kappa shape index (κ2) is 9.92. The van der Waals surface area contributed by atoms with Crippen LogP contribution in [0.2, 0.25) is 5.02 Å². The zero-order valence-electron chi connectivity index (χ0n) is 16.5. The average Bonchev–Trinajstić information content (AvgIpc) is 3.13. The topological polar surface area (TPSA) is 62.5 Å². The summed E-state index contributed by atoms with van der Waals surface area (Å²) >= 11 is 9.80. The number of pyridine rings is 1. The molecule has 1 N–H and O–H groups in total. The van der Waals surface area contributed by atoms with E-state index in [9.17, 15) is 9.59 Å². The average molecular weight is 482 g/mol. The lowest BCUT2D eigenvalue weighted by Gasteiger charge is -2.26. The molecule has 7 heteroatoms. The zero-order valence-corrected chi connectivity index (χ0v) is 18.9. The Hall–Kier alpha value is -1.63. The number of carboxylic acid groups (broad SMARTS) is 1. The number of aromatic carboxylic acids is 1. The summed E-state index contributed by atoms with van der Waals surface area (Å²) in [5, 5.41) is 9.25. The highest BCUT2D eigenvalue weighted by atomic mass is 79.9. The Morgan fingerprint density at radius 3 is 2.69 bits per heavy atom. The molecule has 1 aromatic carbocycles. The molecule has 0 radical (unpaired) electrons. The van der Waals surface area contributed by atoms with E-state index in [0.717, 1.165) is 35.2 Å². The fraction of sp³-hybridized carbons (Fsp3) is 0.455. The van der Waals surface area contributed by atoms with Crippen molar-refractivity contribution in [2.24, 2.45) is 0 Å². The molecule has 156 valence electrons. The van der Waals surface area contributed by atoms with Crippen LogP contribution in [0.4, 0.5) is 0 Å². The van der Waals surface area contributed by atoms with Gasteiger partial charge in [0.2, 0.25) is 0 Å². The first-order valence-electron chi connectivity index (χ1n) is 10.0. The lowest BCUT2D eigenvalue weighted by Crippen LogP contribution is -2.33. The number of nitrogens with zero attached hydrogens (tertiary/aromatic N) is 2. The number of benzene rings is 1. The van der Waals surface area contributed by atoms with Crippen LogP contribution >= 0.6 is 27.5 Å². The highest BCUT2D eigenvalue weighted by Crippen LogP contribution is 2.27. The fourth-order valence-electron chi connectivity index (χ4n) is 4.04. The second-order valence-electron chi connectivity index (χ2n) is 7.55. The molecule has 2 aromatic rings. The molecule has 0 amide bonds. The van der Waals surface area contributed by atoms with E-state index in [4.69, 9.17) is 16.7 Å². The number of aromatic nitrogens is 1. The van der Waals surface area contributed by atoms with Crippen molar-refractivity contribution in [3.63, 3.8) is 0 Å². The molecule has 1 aliphatic heterocycles. The maximum Gasteiger partial charge on any atom is 0.335 e. The van der Waals surface area contributed by atoms with Crippen LogP contribution in [0.3, 0.4) is 0 Å². The normalized spacial score (nSPS) is 17.0. The molecule has 1 atom stereocenters. The van der Waals surface area contributed by atoms with Crippen molar-refractivity contribution >= 4 is 33.5 Å². The Balaban J connectivity index is 1.83. The predicted octanol–water partition coefficient (Wildman–Crippen LogP) is 4.97. The van der Waals surface area contributed by atoms with Crippen molar-refractivity contribution in [3.8, 4) is 0 Å². The SMILES string of the molecule is CCC[C@H]1CCCN1Cc1c(Br)cc(Cl)c(=O)n1CCc1ccc(C(=O)O)cc1. The summed E-state index contributed by atoms with van der Waals surface area (Å²) in [4.78, 5) is 26.3. The van der Waals surface area contributed by atoms with Crippen molar-refractivity contribution in [1.82, 2.24) is 9.47 Å². The molecule has 1 aromatic heterocycles. The number of rotatable bonds is 8. The summed E-state index contributed by atoms with van der Waals surface area (Å²) in [5.74, 6) is -0.943. The summed E-state index contributed by atoms with van der Waals surface area (Å²) < 4.78 is 2.62. The van der Waals surface area contributed by atoms with Gasteiger partial charge in [-0.2, -0.15) is 0 Å². The molecular weight excluding hydrogens is 456 g/mol. The minimum Gasteiger partial charge on any atom is -0.478 e. The smallest absolute Gasteiger partial charge is 0.335 e. The van der Waals surface area contributed by atoms with Gasteiger partial charge in [-0.3, -0.25) is 9.69 Å². The first-order valence-corrected chi connectivity index (χ1v) is 11.2. The van der Waals surface area contributed by atoms with E-state index in [1.54, 1.807) is 34.9 Å². The number of halogens is 2. The molecule has 0 saturated carbocycles. The molecule has 0 bridgehead atoms. The summed E-state index contributed by atoms with van der Waals surface area (Å²) in [6.07, 6.45) is 5.35. The van der Waals surface area contributed by atoms with Crippen molar-refractivity contribution in [2.45, 2.75) is 58.2 Å². The molecular formula is C22H26BrClN2O3. The van der Waals surface area contributed by atoms with Gasteiger partial charge in [0.15, 0.2) is 0 Å². The Kier molecular flexibility index (Phi) is 7.55. The van der Waals surface area contributed by atoms with Gasteiger partial charge < -0.3 is 9.67 Å². The number of carboxylic acids is 1. The third-order valence-corrected chi connectivity index (χ3v) is 6.56. The van der Waals surface area contributed by atoms with Crippen molar-refractivity contribution in [1.29, 1.82) is 0 Å². The summed E-state index contributed by atoms with van der Waals surface area (Å²) in [5.41, 5.74) is 2.00. The third-order valence-electron chi connectivity index (χ3n) is 5.60. The summed E-state index contributed by atoms with van der Waals surface area (Å²) in [6, 6.07) is 9.04. The second-order valence-corrected chi connectivity index (χ2v) is 8.81. The highest BCUT2D eigenvalue weighted by Gasteiger charge is 2.25. The van der Waals surface area contributed by atoms with Crippen LogP contribution in [0.15, 0.2) is 39.6 Å². The summed E-state index contributed by atoms with van der Waals surface area (Å²) in [6.45, 7) is 4.46. The predicted molar refractivity (Wildman–Crippen MR) is 119 cm³/mol. The van der Waals surface area contributed by atoms with E-state index in [2.05, 4.69) is 27.8 Å². The van der Waals surface area contributed by atoms with E-state index in [0.29, 0.717) is 19.0 Å². The Bertz CT molecular complexity index is 927. The molecule has 5 nitrogen and oxygen atoms in total. The van der Waals surface area contributed by atoms with Crippen molar-refractivity contribution in [3.05, 3.63) is 67.0 Å². The minimum absolute atomic E-state index is 0.182. The zero-order chi connectivity index (χ0) is 21.0. The van der Waals surface area contributed by atoms with Gasteiger partial charge in [-0.25, -0.2) is 4.79 Å². The van der Waals surface area contributed by atoms with Crippen molar-refractivity contribution < 1.29 is 9.90 Å². The number of hydrogen-bond acceptors (Lipinski definition) is 3. The van der Waals surface area contributed by atoms with Crippen LogP contribution in [-0.2, 0) is 19.5 Å². The molecule has 0 aliphatic carbocycles. The van der Waals surface area contributed by atoms with Crippen LogP contribution < -0.4 is 5.56 Å². The molecule has 3 rings (SSSR count). The molecule has 1 aliphatic rings. The van der Waals surface area contributed by atoms with E-state index in [1.807, 2.05) is 0 Å². The first-order chi connectivity index (χ1) is 13.9. The van der Waals surface area contributed by atoms with Crippen LogP contribution in [-0.4, -0.2) is 33.1 Å². The van der Waals surface area contributed by atoms with E-state index in [-0.39, 0.29) is 16.1 Å². The molecule has 0 spiro atoms. The number of likely N-dealkylation sites (tertiary alicyclic amines) is 1. The van der Waals surface area contributed by atoms with E-state index >= 15 is 0 Å². The minimum atomic E-state index is -0.943. The number of carbonyl (C=O) groups is 1. The van der Waals surface area contributed by atoms with Gasteiger partial charge in [-0.05, 0) is 71.9 Å². The lowest BCUT2D eigenvalue weighted by atomic mass is 10.1. The summed E-state index contributed by atoms with van der Waals surface area (Å²) in [7, 11) is 0. The van der Waals surface area contributed by atoms with Crippen LogP contribution in [0.1, 0.15) is 54.2 Å². The van der Waals surface area contributed by atoms with Crippen LogP contribution in [0.25, 0.3) is 0 Å². The highest BCUT2D eigenvalue weighted by molar-refractivity contribution is 9.10. The van der Waals surface area contributed by atoms with Crippen LogP contribution in [0.5, 0.6) is 0 Å². The van der Waals surface area contributed by atoms with Gasteiger partial charge >= 0.3 is 5.97 Å². The standard InChI is InChI=1S/C22H26BrClN2O3/c1-2-4-17-5-3-11-25(17)14-20-18(23)13-19(24)21(27)26(20)12-10-15-6-8-16(9-7-15)22(28)29/h6-9,13,17H,2-5,10-12,14H2,1H3,(H,28,29)/t17-/m0/s1. The van der Waals surface area contributed by atoms with Crippen molar-refractivity contribution in [2.75, 3.05) is 6.54 Å². The van der Waals surface area contributed by atoms with Gasteiger partial charge in [0.1, 0.15) is 5.02 Å². The molecule has 29 heavy (non-hydrogen) atoms. The van der Waals surface area contributed by atoms with E-state index in [1.165, 1.54) is 19.3 Å². The maximum absolute atomic E-state index is 12.8. The van der Waals surface area contributed by atoms with Gasteiger partial charge in [-0.1, -0.05) is 37.1 Å². The monoisotopic (exact) mass is 480 g/mol. The molecule has 2 heterocycles. The fourth-order valence-corrected chi connectivity index (χ4v) is 4.96. The Labute approximate surface area is 184 Å². The Morgan fingerprint density at radius 2 is 2.03 bits per heavy atom. The maximum atomic E-state index is 12.8. The molecule has 1 fully saturated rings. The third kappa shape index (κ3) is 5.30. The van der Waals surface area contributed by atoms with E-state index < -0.39 is 5.97 Å². The molecule has 1 saturated heterocycles.